The van der Waals surface area contributed by atoms with Gasteiger partial charge in [-0.25, -0.2) is 14.6 Å². The first-order valence-corrected chi connectivity index (χ1v) is 5.87. The van der Waals surface area contributed by atoms with E-state index in [0.717, 1.165) is 30.6 Å². The predicted octanol–water partition coefficient (Wildman–Crippen LogP) is 2.03. The van der Waals surface area contributed by atoms with E-state index in [1.165, 1.54) is 6.20 Å². The number of halogens is 1. The van der Waals surface area contributed by atoms with E-state index < -0.39 is 0 Å². The predicted molar refractivity (Wildman–Crippen MR) is 62.2 cm³/mol. The average molecular weight is 248 g/mol. The average Bonchev–Trinajstić information content (AvgIpc) is 2.65. The van der Waals surface area contributed by atoms with Crippen LogP contribution in [0.1, 0.15) is 12.8 Å². The molecule has 0 spiro atoms. The monoisotopic (exact) mass is 247 g/mol. The second kappa shape index (κ2) is 3.97. The highest BCUT2D eigenvalue weighted by atomic mass is 35.5. The Morgan fingerprint density at radius 3 is 3.06 bits per heavy atom. The molecule has 1 aliphatic carbocycles. The molecule has 0 amide bonds. The molecule has 0 aliphatic heterocycles. The number of nitriles is 1. The number of rotatable bonds is 2. The van der Waals surface area contributed by atoms with Crippen LogP contribution in [0.5, 0.6) is 0 Å². The van der Waals surface area contributed by atoms with Crippen LogP contribution in [0, 0.1) is 23.2 Å². The van der Waals surface area contributed by atoms with E-state index in [1.54, 1.807) is 6.20 Å². The van der Waals surface area contributed by atoms with Gasteiger partial charge in [-0.3, -0.25) is 0 Å². The lowest BCUT2D eigenvalue weighted by molar-refractivity contribution is 0.212. The summed E-state index contributed by atoms with van der Waals surface area (Å²) in [4.78, 5) is 8.38. The molecule has 3 rings (SSSR count). The summed E-state index contributed by atoms with van der Waals surface area (Å²) in [6.45, 7) is 0.788. The molecule has 0 bridgehead atoms. The smallest absolute Gasteiger partial charge is 0.178 e. The Morgan fingerprint density at radius 2 is 2.29 bits per heavy atom. The van der Waals surface area contributed by atoms with Gasteiger partial charge in [-0.05, 0) is 18.8 Å². The van der Waals surface area contributed by atoms with Crippen LogP contribution < -0.4 is 0 Å². The van der Waals surface area contributed by atoms with Crippen molar-refractivity contribution in [3.63, 3.8) is 0 Å². The van der Waals surface area contributed by atoms with Crippen molar-refractivity contribution in [1.29, 1.82) is 5.26 Å². The van der Waals surface area contributed by atoms with Crippen molar-refractivity contribution in [3.8, 4) is 6.07 Å². The van der Waals surface area contributed by atoms with Crippen LogP contribution in [-0.2, 0) is 6.54 Å². The van der Waals surface area contributed by atoms with Gasteiger partial charge in [0.25, 0.3) is 0 Å². The Bertz CT molecular complexity index is 593. The zero-order valence-corrected chi connectivity index (χ0v) is 9.80. The first-order valence-electron chi connectivity index (χ1n) is 5.50. The molecular formula is C11H10ClN5. The third-order valence-corrected chi connectivity index (χ3v) is 3.35. The molecule has 2 aromatic heterocycles. The van der Waals surface area contributed by atoms with Gasteiger partial charge in [0.2, 0.25) is 0 Å². The van der Waals surface area contributed by atoms with Crippen LogP contribution >= 0.6 is 11.6 Å². The highest BCUT2D eigenvalue weighted by Gasteiger charge is 2.29. The minimum absolute atomic E-state index is 0.219. The van der Waals surface area contributed by atoms with Crippen molar-refractivity contribution >= 4 is 22.8 Å². The lowest BCUT2D eigenvalue weighted by atomic mass is 9.76. The molecule has 5 nitrogen and oxygen atoms in total. The SMILES string of the molecule is N#CC1CC(Cn2ncc3ncc(Cl)nc32)C1. The number of hydrogen-bond donors (Lipinski definition) is 0. The Hall–Kier alpha value is -1.67. The van der Waals surface area contributed by atoms with Gasteiger partial charge < -0.3 is 0 Å². The molecule has 2 heterocycles. The normalized spacial score (nSPS) is 23.3. The Balaban J connectivity index is 1.82. The van der Waals surface area contributed by atoms with Crippen LogP contribution in [0.2, 0.25) is 5.15 Å². The fraction of sp³-hybridized carbons (Fsp3) is 0.455. The number of hydrogen-bond acceptors (Lipinski definition) is 4. The molecule has 0 aromatic carbocycles. The first-order chi connectivity index (χ1) is 8.26. The summed E-state index contributed by atoms with van der Waals surface area (Å²) in [5.41, 5.74) is 1.48. The van der Waals surface area contributed by atoms with Crippen LogP contribution in [-0.4, -0.2) is 19.7 Å². The largest absolute Gasteiger partial charge is 0.248 e. The zero-order chi connectivity index (χ0) is 11.8. The minimum atomic E-state index is 0.219. The van der Waals surface area contributed by atoms with Crippen molar-refractivity contribution in [3.05, 3.63) is 17.5 Å². The lowest BCUT2D eigenvalue weighted by Gasteiger charge is -2.30. The van der Waals surface area contributed by atoms with Crippen molar-refractivity contribution in [2.45, 2.75) is 19.4 Å². The Labute approximate surface area is 103 Å². The maximum Gasteiger partial charge on any atom is 0.178 e. The lowest BCUT2D eigenvalue weighted by Crippen LogP contribution is -2.26. The van der Waals surface area contributed by atoms with Gasteiger partial charge in [-0.15, -0.1) is 0 Å². The Kier molecular flexibility index (Phi) is 2.45. The third kappa shape index (κ3) is 1.85. The second-order valence-electron chi connectivity index (χ2n) is 4.39. The van der Waals surface area contributed by atoms with Gasteiger partial charge in [-0.2, -0.15) is 10.4 Å². The van der Waals surface area contributed by atoms with E-state index in [0.29, 0.717) is 11.1 Å². The molecule has 17 heavy (non-hydrogen) atoms. The van der Waals surface area contributed by atoms with Gasteiger partial charge in [0.15, 0.2) is 5.65 Å². The van der Waals surface area contributed by atoms with Gasteiger partial charge in [0.1, 0.15) is 10.7 Å². The molecule has 1 saturated carbocycles. The van der Waals surface area contributed by atoms with Crippen LogP contribution in [0.25, 0.3) is 11.2 Å². The summed E-state index contributed by atoms with van der Waals surface area (Å²) in [6.07, 6.45) is 5.11. The molecule has 0 atom stereocenters. The quantitative estimate of drug-likeness (QED) is 0.814. The van der Waals surface area contributed by atoms with E-state index in [2.05, 4.69) is 21.1 Å². The summed E-state index contributed by atoms with van der Waals surface area (Å²) < 4.78 is 1.83. The molecule has 0 saturated heterocycles. The first kappa shape index (κ1) is 10.5. The molecule has 2 aromatic rings. The van der Waals surface area contributed by atoms with E-state index in [4.69, 9.17) is 16.9 Å². The highest BCUT2D eigenvalue weighted by molar-refractivity contribution is 6.29. The van der Waals surface area contributed by atoms with E-state index in [9.17, 15) is 0 Å². The topological polar surface area (TPSA) is 67.4 Å². The van der Waals surface area contributed by atoms with E-state index >= 15 is 0 Å². The molecule has 86 valence electrons. The summed E-state index contributed by atoms with van der Waals surface area (Å²) >= 11 is 5.82. The zero-order valence-electron chi connectivity index (χ0n) is 9.04. The van der Waals surface area contributed by atoms with Gasteiger partial charge in [-0.1, -0.05) is 11.6 Å². The fourth-order valence-electron chi connectivity index (χ4n) is 2.20. The second-order valence-corrected chi connectivity index (χ2v) is 4.78. The van der Waals surface area contributed by atoms with E-state index in [-0.39, 0.29) is 5.92 Å². The molecule has 1 aliphatic rings. The summed E-state index contributed by atoms with van der Waals surface area (Å²) in [7, 11) is 0. The molecule has 0 radical (unpaired) electrons. The summed E-state index contributed by atoms with van der Waals surface area (Å²) in [5, 5.41) is 13.4. The van der Waals surface area contributed by atoms with Crippen LogP contribution in [0.4, 0.5) is 0 Å². The standard InChI is InChI=1S/C11H10ClN5/c12-10-5-14-9-4-15-17(11(9)16-10)6-8-1-7(2-8)3-13/h4-5,7-8H,1-2,6H2. The van der Waals surface area contributed by atoms with Crippen LogP contribution in [0.15, 0.2) is 12.4 Å². The minimum Gasteiger partial charge on any atom is -0.248 e. The van der Waals surface area contributed by atoms with Crippen molar-refractivity contribution < 1.29 is 0 Å². The summed E-state index contributed by atoms with van der Waals surface area (Å²) in [5.74, 6) is 0.736. The van der Waals surface area contributed by atoms with Crippen LogP contribution in [0.3, 0.4) is 0 Å². The number of aromatic nitrogens is 4. The van der Waals surface area contributed by atoms with Crippen molar-refractivity contribution in [2.75, 3.05) is 0 Å². The number of fused-ring (bicyclic) bond motifs is 1. The molecule has 0 N–H and O–H groups in total. The molecule has 1 fully saturated rings. The number of nitrogens with zero attached hydrogens (tertiary/aromatic N) is 5. The molecule has 6 heteroatoms. The maximum atomic E-state index is 8.73. The summed E-state index contributed by atoms with van der Waals surface area (Å²) in [6, 6.07) is 2.28. The van der Waals surface area contributed by atoms with Crippen molar-refractivity contribution in [1.82, 2.24) is 19.7 Å². The third-order valence-electron chi connectivity index (χ3n) is 3.17. The fourth-order valence-corrected chi connectivity index (χ4v) is 2.33. The van der Waals surface area contributed by atoms with E-state index in [1.807, 2.05) is 4.68 Å². The highest BCUT2D eigenvalue weighted by Crippen LogP contribution is 2.34. The van der Waals surface area contributed by atoms with Gasteiger partial charge in [0, 0.05) is 12.5 Å². The maximum absolute atomic E-state index is 8.73. The Morgan fingerprint density at radius 1 is 1.47 bits per heavy atom. The van der Waals surface area contributed by atoms with Crippen molar-refractivity contribution in [2.24, 2.45) is 11.8 Å². The molecular weight excluding hydrogens is 238 g/mol. The van der Waals surface area contributed by atoms with Gasteiger partial charge >= 0.3 is 0 Å². The molecule has 0 unspecified atom stereocenters. The van der Waals surface area contributed by atoms with Gasteiger partial charge in [0.05, 0.1) is 18.5 Å².